The number of hydrogen-bond donors (Lipinski definition) is 0. The van der Waals surface area contributed by atoms with Crippen LogP contribution in [0.3, 0.4) is 0 Å². The number of fused-ring (bicyclic) bond motifs is 1. The fraction of sp³-hybridized carbons (Fsp3) is 0.312. The van der Waals surface area contributed by atoms with E-state index in [-0.39, 0.29) is 10.9 Å². The average Bonchev–Trinajstić information content (AvgIpc) is 3.18. The molecular formula is C16H16N2O4S2. The zero-order chi connectivity index (χ0) is 16.9. The van der Waals surface area contributed by atoms with Gasteiger partial charge in [0.15, 0.2) is 5.58 Å². The van der Waals surface area contributed by atoms with Crippen LogP contribution < -0.4 is 5.76 Å². The number of aromatic nitrogens is 1. The van der Waals surface area contributed by atoms with Crippen LogP contribution >= 0.6 is 11.3 Å². The van der Waals surface area contributed by atoms with Crippen LogP contribution in [0.4, 0.5) is 0 Å². The van der Waals surface area contributed by atoms with Gasteiger partial charge >= 0.3 is 5.76 Å². The largest absolute Gasteiger partial charge is 0.419 e. The number of benzene rings is 1. The molecule has 126 valence electrons. The standard InChI is InChI=1S/C16H16N2O4S2/c1-17-14-8-13(4-5-15(14)22-16(17)19)24(20,21)18(12-2-3-12)9-11-6-7-23-10-11/h4-8,10,12H,2-3,9H2,1H3. The topological polar surface area (TPSA) is 72.5 Å². The van der Waals surface area contributed by atoms with E-state index in [0.717, 1.165) is 18.4 Å². The highest BCUT2D eigenvalue weighted by Gasteiger charge is 2.38. The zero-order valence-electron chi connectivity index (χ0n) is 13.0. The molecule has 0 amide bonds. The van der Waals surface area contributed by atoms with Crippen molar-refractivity contribution in [3.8, 4) is 0 Å². The van der Waals surface area contributed by atoms with Crippen molar-refractivity contribution in [2.24, 2.45) is 7.05 Å². The lowest BCUT2D eigenvalue weighted by Crippen LogP contribution is -2.32. The second kappa shape index (κ2) is 5.58. The average molecular weight is 364 g/mol. The quantitative estimate of drug-likeness (QED) is 0.697. The molecule has 6 nitrogen and oxygen atoms in total. The minimum Gasteiger partial charge on any atom is -0.408 e. The molecule has 1 fully saturated rings. The molecule has 0 radical (unpaired) electrons. The molecule has 3 aromatic rings. The molecule has 0 N–H and O–H groups in total. The molecule has 0 atom stereocenters. The second-order valence-electron chi connectivity index (χ2n) is 5.97. The summed E-state index contributed by atoms with van der Waals surface area (Å²) in [6, 6.07) is 6.55. The number of nitrogens with zero attached hydrogens (tertiary/aromatic N) is 2. The lowest BCUT2D eigenvalue weighted by atomic mass is 10.3. The van der Waals surface area contributed by atoms with Gasteiger partial charge in [-0.05, 0) is 53.4 Å². The Morgan fingerprint density at radius 3 is 2.79 bits per heavy atom. The first-order valence-electron chi connectivity index (χ1n) is 7.59. The highest BCUT2D eigenvalue weighted by Crippen LogP contribution is 2.34. The van der Waals surface area contributed by atoms with Gasteiger partial charge in [-0.15, -0.1) is 0 Å². The van der Waals surface area contributed by atoms with Crippen LogP contribution in [0.1, 0.15) is 18.4 Å². The minimum absolute atomic E-state index is 0.0544. The van der Waals surface area contributed by atoms with Crippen molar-refractivity contribution in [1.82, 2.24) is 8.87 Å². The van der Waals surface area contributed by atoms with Crippen LogP contribution in [0.25, 0.3) is 11.1 Å². The zero-order valence-corrected chi connectivity index (χ0v) is 14.6. The Hall–Kier alpha value is -1.90. The third-order valence-corrected chi connectivity index (χ3v) is 6.87. The lowest BCUT2D eigenvalue weighted by Gasteiger charge is -2.21. The number of sulfonamides is 1. The summed E-state index contributed by atoms with van der Waals surface area (Å²) in [4.78, 5) is 11.8. The van der Waals surface area contributed by atoms with Crippen molar-refractivity contribution in [2.75, 3.05) is 0 Å². The van der Waals surface area contributed by atoms with E-state index < -0.39 is 15.8 Å². The van der Waals surface area contributed by atoms with Crippen LogP contribution in [0.2, 0.25) is 0 Å². The van der Waals surface area contributed by atoms with Crippen molar-refractivity contribution in [2.45, 2.75) is 30.3 Å². The SMILES string of the molecule is Cn1c(=O)oc2ccc(S(=O)(=O)N(Cc3ccsc3)C3CC3)cc21. The highest BCUT2D eigenvalue weighted by atomic mass is 32.2. The van der Waals surface area contributed by atoms with Gasteiger partial charge in [-0.3, -0.25) is 4.57 Å². The molecule has 2 aromatic heterocycles. The molecule has 0 aliphatic heterocycles. The van der Waals surface area contributed by atoms with E-state index in [2.05, 4.69) is 0 Å². The van der Waals surface area contributed by atoms with Gasteiger partial charge in [0.2, 0.25) is 10.0 Å². The van der Waals surface area contributed by atoms with E-state index in [1.807, 2.05) is 16.8 Å². The Kier molecular flexibility index (Phi) is 3.63. The predicted molar refractivity (Wildman–Crippen MR) is 91.5 cm³/mol. The van der Waals surface area contributed by atoms with Crippen LogP contribution in [0.5, 0.6) is 0 Å². The normalized spacial score (nSPS) is 15.4. The summed E-state index contributed by atoms with van der Waals surface area (Å²) in [6.07, 6.45) is 1.77. The summed E-state index contributed by atoms with van der Waals surface area (Å²) in [5.41, 5.74) is 1.86. The van der Waals surface area contributed by atoms with Crippen LogP contribution in [0.15, 0.2) is 49.1 Å². The molecular weight excluding hydrogens is 348 g/mol. The van der Waals surface area contributed by atoms with E-state index in [0.29, 0.717) is 17.6 Å². The van der Waals surface area contributed by atoms with Gasteiger partial charge in [-0.1, -0.05) is 0 Å². The molecule has 1 saturated carbocycles. The van der Waals surface area contributed by atoms with Gasteiger partial charge in [-0.25, -0.2) is 13.2 Å². The Balaban J connectivity index is 1.77. The first-order chi connectivity index (χ1) is 11.5. The fourth-order valence-electron chi connectivity index (χ4n) is 2.74. The molecule has 0 saturated heterocycles. The third-order valence-electron chi connectivity index (χ3n) is 4.24. The summed E-state index contributed by atoms with van der Waals surface area (Å²) in [6.45, 7) is 0.374. The van der Waals surface area contributed by atoms with Gasteiger partial charge in [0, 0.05) is 19.6 Å². The molecule has 2 heterocycles. The Bertz CT molecular complexity index is 1040. The van der Waals surface area contributed by atoms with Crippen molar-refractivity contribution in [1.29, 1.82) is 0 Å². The molecule has 0 spiro atoms. The summed E-state index contributed by atoms with van der Waals surface area (Å²) in [5.74, 6) is -0.503. The summed E-state index contributed by atoms with van der Waals surface area (Å²) < 4.78 is 34.2. The Morgan fingerprint density at radius 1 is 1.33 bits per heavy atom. The number of hydrogen-bond acceptors (Lipinski definition) is 5. The van der Waals surface area contributed by atoms with E-state index in [1.165, 1.54) is 16.7 Å². The second-order valence-corrected chi connectivity index (χ2v) is 8.64. The molecule has 1 aromatic carbocycles. The smallest absolute Gasteiger partial charge is 0.408 e. The number of aryl methyl sites for hydroxylation is 1. The number of oxazole rings is 1. The predicted octanol–water partition coefficient (Wildman–Crippen LogP) is 2.55. The van der Waals surface area contributed by atoms with Gasteiger partial charge in [0.05, 0.1) is 10.4 Å². The van der Waals surface area contributed by atoms with Crippen LogP contribution in [0, 0.1) is 0 Å². The minimum atomic E-state index is -3.63. The van der Waals surface area contributed by atoms with Crippen molar-refractivity contribution in [3.05, 3.63) is 51.1 Å². The Morgan fingerprint density at radius 2 is 2.12 bits per heavy atom. The lowest BCUT2D eigenvalue weighted by molar-refractivity contribution is 0.399. The van der Waals surface area contributed by atoms with E-state index in [1.54, 1.807) is 28.8 Å². The fourth-order valence-corrected chi connectivity index (χ4v) is 5.09. The summed E-state index contributed by atoms with van der Waals surface area (Å²) in [7, 11) is -2.07. The van der Waals surface area contributed by atoms with E-state index in [4.69, 9.17) is 4.42 Å². The maximum absolute atomic E-state index is 13.1. The molecule has 0 unspecified atom stereocenters. The maximum atomic E-state index is 13.1. The molecule has 24 heavy (non-hydrogen) atoms. The molecule has 8 heteroatoms. The highest BCUT2D eigenvalue weighted by molar-refractivity contribution is 7.89. The van der Waals surface area contributed by atoms with Crippen molar-refractivity contribution < 1.29 is 12.8 Å². The third kappa shape index (κ3) is 2.60. The van der Waals surface area contributed by atoms with E-state index >= 15 is 0 Å². The Labute approximate surface area is 143 Å². The van der Waals surface area contributed by atoms with Crippen LogP contribution in [-0.2, 0) is 23.6 Å². The first kappa shape index (κ1) is 15.6. The van der Waals surface area contributed by atoms with E-state index in [9.17, 15) is 13.2 Å². The van der Waals surface area contributed by atoms with Crippen LogP contribution in [-0.4, -0.2) is 23.3 Å². The number of thiophene rings is 1. The van der Waals surface area contributed by atoms with Gasteiger partial charge in [0.25, 0.3) is 0 Å². The number of rotatable bonds is 5. The monoisotopic (exact) mass is 364 g/mol. The van der Waals surface area contributed by atoms with Gasteiger partial charge < -0.3 is 4.42 Å². The van der Waals surface area contributed by atoms with Gasteiger partial charge in [0.1, 0.15) is 0 Å². The molecule has 1 aliphatic carbocycles. The summed E-state index contributed by atoms with van der Waals surface area (Å²) in [5, 5.41) is 3.91. The first-order valence-corrected chi connectivity index (χ1v) is 9.97. The van der Waals surface area contributed by atoms with Gasteiger partial charge in [-0.2, -0.15) is 15.6 Å². The molecule has 1 aliphatic rings. The maximum Gasteiger partial charge on any atom is 0.419 e. The molecule has 0 bridgehead atoms. The van der Waals surface area contributed by atoms with Crippen molar-refractivity contribution in [3.63, 3.8) is 0 Å². The summed E-state index contributed by atoms with van der Waals surface area (Å²) >= 11 is 1.55. The van der Waals surface area contributed by atoms with Crippen molar-refractivity contribution >= 4 is 32.5 Å². The molecule has 4 rings (SSSR count).